The van der Waals surface area contributed by atoms with E-state index >= 15 is 0 Å². The molecule has 10 heteroatoms. The van der Waals surface area contributed by atoms with Gasteiger partial charge in [0.2, 0.25) is 10.0 Å². The number of nitrogens with one attached hydrogen (secondary N) is 2. The Morgan fingerprint density at radius 2 is 1.62 bits per heavy atom. The quantitative estimate of drug-likeness (QED) is 0.595. The summed E-state index contributed by atoms with van der Waals surface area (Å²) >= 11 is 0. The Hall–Kier alpha value is -3.06. The van der Waals surface area contributed by atoms with Crippen LogP contribution in [0.5, 0.6) is 0 Å². The maximum Gasteiger partial charge on any atom is 0.416 e. The molecule has 5 rings (SSSR count). The largest absolute Gasteiger partial charge is 0.416 e. The van der Waals surface area contributed by atoms with E-state index in [0.717, 1.165) is 12.1 Å². The maximum absolute atomic E-state index is 13.4. The smallest absolute Gasteiger partial charge is 0.347 e. The fraction of sp³-hybridized carbons (Fsp3) is 0.417. The number of benzene rings is 2. The molecule has 0 unspecified atom stereocenters. The Morgan fingerprint density at radius 3 is 2.18 bits per heavy atom. The number of nitriles is 1. The van der Waals surface area contributed by atoms with E-state index in [-0.39, 0.29) is 16.7 Å². The van der Waals surface area contributed by atoms with Crippen molar-refractivity contribution in [1.29, 1.82) is 5.26 Å². The van der Waals surface area contributed by atoms with Gasteiger partial charge in [0.05, 0.1) is 34.1 Å². The lowest BCUT2D eigenvalue weighted by Gasteiger charge is -2.50. The van der Waals surface area contributed by atoms with E-state index in [9.17, 15) is 31.6 Å². The van der Waals surface area contributed by atoms with Crippen LogP contribution in [0.25, 0.3) is 0 Å². The number of alkyl halides is 3. The molecule has 3 fully saturated rings. The van der Waals surface area contributed by atoms with Gasteiger partial charge in [-0.15, -0.1) is 0 Å². The number of anilines is 1. The average molecular weight is 492 g/mol. The van der Waals surface area contributed by atoms with Crippen molar-refractivity contribution in [2.75, 3.05) is 4.72 Å². The highest BCUT2D eigenvalue weighted by atomic mass is 32.2. The summed E-state index contributed by atoms with van der Waals surface area (Å²) in [5.41, 5.74) is -2.14. The molecule has 0 spiro atoms. The maximum atomic E-state index is 13.4. The van der Waals surface area contributed by atoms with E-state index < -0.39 is 39.0 Å². The summed E-state index contributed by atoms with van der Waals surface area (Å²) in [5, 5.41) is 12.3. The van der Waals surface area contributed by atoms with Crippen molar-refractivity contribution in [3.05, 3.63) is 65.2 Å². The summed E-state index contributed by atoms with van der Waals surface area (Å²) in [6.45, 7) is 0. The Balaban J connectivity index is 1.61. The number of hydrogen-bond donors (Lipinski definition) is 2. The molecule has 34 heavy (non-hydrogen) atoms. The van der Waals surface area contributed by atoms with Crippen molar-refractivity contribution in [3.8, 4) is 6.07 Å². The van der Waals surface area contributed by atoms with Gasteiger partial charge in [-0.1, -0.05) is 30.3 Å². The molecular weight excluding hydrogens is 467 g/mol. The minimum atomic E-state index is -4.70. The predicted octanol–water partition coefficient (Wildman–Crippen LogP) is 4.99. The molecule has 2 aromatic carbocycles. The van der Waals surface area contributed by atoms with Crippen molar-refractivity contribution in [2.45, 2.75) is 56.0 Å². The van der Waals surface area contributed by atoms with Crippen molar-refractivity contribution < 1.29 is 26.4 Å². The third kappa shape index (κ3) is 5.04. The lowest BCUT2D eigenvalue weighted by atomic mass is 9.58. The molecule has 3 saturated carbocycles. The van der Waals surface area contributed by atoms with Gasteiger partial charge < -0.3 is 5.32 Å². The van der Waals surface area contributed by atoms with E-state index in [1.807, 2.05) is 0 Å². The van der Waals surface area contributed by atoms with Crippen molar-refractivity contribution in [3.63, 3.8) is 0 Å². The normalized spacial score (nSPS) is 24.3. The minimum absolute atomic E-state index is 0.212. The van der Waals surface area contributed by atoms with Gasteiger partial charge in [0.25, 0.3) is 5.91 Å². The van der Waals surface area contributed by atoms with Crippen LogP contribution in [-0.4, -0.2) is 19.9 Å². The Bertz CT molecular complexity index is 1210. The molecule has 3 aliphatic rings. The molecule has 1 amide bonds. The van der Waals surface area contributed by atoms with Crippen LogP contribution in [0, 0.1) is 16.7 Å². The summed E-state index contributed by atoms with van der Waals surface area (Å²) in [6, 6.07) is 13.1. The summed E-state index contributed by atoms with van der Waals surface area (Å²) in [6.07, 6.45) is -1.19. The van der Waals surface area contributed by atoms with Crippen molar-refractivity contribution in [1.82, 2.24) is 5.32 Å². The zero-order valence-corrected chi connectivity index (χ0v) is 19.1. The number of sulfonamides is 1. The van der Waals surface area contributed by atoms with Gasteiger partial charge in [-0.05, 0) is 62.3 Å². The average Bonchev–Trinajstić information content (AvgIpc) is 2.79. The third-order valence-corrected chi connectivity index (χ3v) is 8.16. The number of carbonyl (C=O) groups is 1. The van der Waals surface area contributed by atoms with Crippen LogP contribution >= 0.6 is 0 Å². The van der Waals surface area contributed by atoms with Crippen LogP contribution in [0.2, 0.25) is 0 Å². The van der Waals surface area contributed by atoms with Crippen molar-refractivity contribution >= 4 is 21.6 Å². The molecule has 0 aliphatic heterocycles. The van der Waals surface area contributed by atoms with Gasteiger partial charge >= 0.3 is 6.18 Å². The van der Waals surface area contributed by atoms with E-state index in [2.05, 4.69) is 16.1 Å². The number of carbonyl (C=O) groups excluding carboxylic acids is 1. The van der Waals surface area contributed by atoms with E-state index in [1.54, 1.807) is 30.3 Å². The van der Waals surface area contributed by atoms with Gasteiger partial charge in [-0.2, -0.15) is 18.4 Å². The highest BCUT2D eigenvalue weighted by Gasteiger charge is 2.49. The van der Waals surface area contributed by atoms with E-state index in [1.165, 1.54) is 0 Å². The van der Waals surface area contributed by atoms with Crippen LogP contribution in [0.4, 0.5) is 18.9 Å². The first-order valence-corrected chi connectivity index (χ1v) is 12.6. The second-order valence-electron chi connectivity index (χ2n) is 9.23. The Labute approximate surface area is 196 Å². The molecule has 0 atom stereocenters. The summed E-state index contributed by atoms with van der Waals surface area (Å²) in [5.74, 6) is -1.16. The molecule has 0 saturated heterocycles. The fourth-order valence-corrected chi connectivity index (χ4v) is 6.06. The second-order valence-corrected chi connectivity index (χ2v) is 11.0. The second kappa shape index (κ2) is 8.62. The molecular formula is C24H24F3N3O3S. The van der Waals surface area contributed by atoms with E-state index in [0.29, 0.717) is 50.2 Å². The first-order chi connectivity index (χ1) is 15.9. The van der Waals surface area contributed by atoms with Gasteiger partial charge in [0, 0.05) is 5.54 Å². The lowest BCUT2D eigenvalue weighted by Crippen LogP contribution is -2.56. The topological polar surface area (TPSA) is 99.1 Å². The Morgan fingerprint density at radius 1 is 1.00 bits per heavy atom. The molecule has 2 aromatic rings. The zero-order chi connectivity index (χ0) is 24.6. The Kier molecular flexibility index (Phi) is 6.10. The van der Waals surface area contributed by atoms with E-state index in [4.69, 9.17) is 0 Å². The summed E-state index contributed by atoms with van der Waals surface area (Å²) < 4.78 is 67.8. The zero-order valence-electron chi connectivity index (χ0n) is 18.3. The fourth-order valence-electron chi connectivity index (χ4n) is 4.84. The van der Waals surface area contributed by atoms with Gasteiger partial charge in [0.15, 0.2) is 0 Å². The van der Waals surface area contributed by atoms with Crippen LogP contribution < -0.4 is 10.0 Å². The molecule has 2 bridgehead atoms. The first kappa shape index (κ1) is 24.1. The van der Waals surface area contributed by atoms with Crippen LogP contribution in [0.1, 0.15) is 60.0 Å². The van der Waals surface area contributed by atoms with Gasteiger partial charge in [-0.3, -0.25) is 9.52 Å². The predicted molar refractivity (Wildman–Crippen MR) is 120 cm³/mol. The highest BCUT2D eigenvalue weighted by molar-refractivity contribution is 7.91. The lowest BCUT2D eigenvalue weighted by molar-refractivity contribution is -0.137. The number of fused-ring (bicyclic) bond motifs is 3. The summed E-state index contributed by atoms with van der Waals surface area (Å²) in [4.78, 5) is 13.2. The van der Waals surface area contributed by atoms with Crippen molar-refractivity contribution in [2.24, 2.45) is 5.41 Å². The number of hydrogen-bond acceptors (Lipinski definition) is 4. The van der Waals surface area contributed by atoms with Crippen LogP contribution in [-0.2, 0) is 22.0 Å². The van der Waals surface area contributed by atoms with Gasteiger partial charge in [-0.25, -0.2) is 8.42 Å². The standard InChI is InChI=1S/C24H24F3N3O3S/c25-24(26,27)18-6-7-20(30-34(32,33)15-17-4-2-1-3-5-17)19(14-18)21(31)29-23-11-8-22(16-28,9-12-23)10-13-23/h1-7,14,30H,8-13,15H2,(H,29,31). The highest BCUT2D eigenvalue weighted by Crippen LogP contribution is 2.52. The van der Waals surface area contributed by atoms with Crippen LogP contribution in [0.15, 0.2) is 48.5 Å². The minimum Gasteiger partial charge on any atom is -0.347 e. The molecule has 2 N–H and O–H groups in total. The molecule has 0 radical (unpaired) electrons. The third-order valence-electron chi connectivity index (χ3n) is 6.92. The SMILES string of the molecule is N#CC12CCC(NC(=O)c3cc(C(F)(F)F)ccc3NS(=O)(=O)Cc3ccccc3)(CC1)CC2. The number of rotatable bonds is 6. The van der Waals surface area contributed by atoms with Crippen LogP contribution in [0.3, 0.4) is 0 Å². The number of halogens is 3. The number of amides is 1. The number of nitrogens with zero attached hydrogens (tertiary/aromatic N) is 1. The molecule has 180 valence electrons. The summed E-state index contributed by atoms with van der Waals surface area (Å²) in [7, 11) is -4.00. The van der Waals surface area contributed by atoms with Gasteiger partial charge in [0.1, 0.15) is 0 Å². The molecule has 0 heterocycles. The molecule has 6 nitrogen and oxygen atoms in total. The molecule has 0 aromatic heterocycles. The monoisotopic (exact) mass is 491 g/mol. The molecule has 3 aliphatic carbocycles. The first-order valence-electron chi connectivity index (χ1n) is 10.9.